The molecule has 0 aliphatic rings. The maximum Gasteiger partial charge on any atom is 0.423 e. The number of halogens is 3. The van der Waals surface area contributed by atoms with Crippen molar-refractivity contribution < 1.29 is 27.0 Å². The third kappa shape index (κ3) is 6.30. The zero-order valence-electron chi connectivity index (χ0n) is 17.5. The Morgan fingerprint density at radius 1 is 0.969 bits per heavy atom. The number of nitrogens with zero attached hydrogens (tertiary/aromatic N) is 1. The number of nitrogens with one attached hydrogen (secondary N) is 1. The van der Waals surface area contributed by atoms with Crippen LogP contribution in [0, 0.1) is 10.1 Å². The first kappa shape index (κ1) is 24.9. The van der Waals surface area contributed by atoms with Gasteiger partial charge in [-0.3, -0.25) is 14.3 Å². The van der Waals surface area contributed by atoms with Crippen LogP contribution < -0.4 is 10.1 Å². The van der Waals surface area contributed by atoms with Gasteiger partial charge in [-0.15, -0.1) is 0 Å². The Hall–Kier alpha value is -3.40. The summed E-state index contributed by atoms with van der Waals surface area (Å²) in [5.41, 5.74) is -2.40. The SMILES string of the molecule is CC.CS(=O)c1cccc(Oc2cccc(Nc3cccc(C(F)(F)F)c3[N+](=O)[O-])c2)c1. The summed E-state index contributed by atoms with van der Waals surface area (Å²) in [5.74, 6) is 0.763. The van der Waals surface area contributed by atoms with Gasteiger partial charge in [0.2, 0.25) is 0 Å². The van der Waals surface area contributed by atoms with Crippen molar-refractivity contribution >= 4 is 27.9 Å². The molecular formula is C22H21F3N2O4S. The largest absolute Gasteiger partial charge is 0.457 e. The van der Waals surface area contributed by atoms with Crippen molar-refractivity contribution in [2.75, 3.05) is 11.6 Å². The number of rotatable bonds is 6. The fraction of sp³-hybridized carbons (Fsp3) is 0.182. The number of hydrogen-bond acceptors (Lipinski definition) is 5. The molecular weight excluding hydrogens is 445 g/mol. The highest BCUT2D eigenvalue weighted by atomic mass is 32.2. The van der Waals surface area contributed by atoms with Gasteiger partial charge in [-0.05, 0) is 42.5 Å². The van der Waals surface area contributed by atoms with Crippen LogP contribution in [-0.4, -0.2) is 15.4 Å². The van der Waals surface area contributed by atoms with Crippen LogP contribution in [-0.2, 0) is 17.0 Å². The number of hydrogen-bond donors (Lipinski definition) is 1. The molecule has 3 aromatic rings. The molecule has 10 heteroatoms. The van der Waals surface area contributed by atoms with Crippen molar-refractivity contribution in [3.63, 3.8) is 0 Å². The van der Waals surface area contributed by atoms with Gasteiger partial charge in [-0.2, -0.15) is 13.2 Å². The molecule has 0 spiro atoms. The molecule has 6 nitrogen and oxygen atoms in total. The zero-order chi connectivity index (χ0) is 23.9. The summed E-state index contributed by atoms with van der Waals surface area (Å²) < 4.78 is 56.8. The Kier molecular flexibility index (Phi) is 8.36. The van der Waals surface area contributed by atoms with Crippen LogP contribution >= 0.6 is 0 Å². The molecule has 0 saturated carbocycles. The maximum absolute atomic E-state index is 13.1. The predicted molar refractivity (Wildman–Crippen MR) is 118 cm³/mol. The lowest BCUT2D eigenvalue weighted by Crippen LogP contribution is -2.10. The van der Waals surface area contributed by atoms with Gasteiger partial charge in [0.05, 0.1) is 4.92 Å². The fourth-order valence-corrected chi connectivity index (χ4v) is 3.27. The smallest absolute Gasteiger partial charge is 0.423 e. The van der Waals surface area contributed by atoms with E-state index in [1.807, 2.05) is 13.8 Å². The molecule has 170 valence electrons. The van der Waals surface area contributed by atoms with Crippen LogP contribution in [0.3, 0.4) is 0 Å². The van der Waals surface area contributed by atoms with Gasteiger partial charge in [0.15, 0.2) is 0 Å². The second-order valence-electron chi connectivity index (χ2n) is 6.14. The van der Waals surface area contributed by atoms with Crippen LogP contribution in [0.4, 0.5) is 30.2 Å². The molecule has 0 saturated heterocycles. The highest BCUT2D eigenvalue weighted by molar-refractivity contribution is 7.84. The van der Waals surface area contributed by atoms with Crippen molar-refractivity contribution in [1.82, 2.24) is 0 Å². The number of para-hydroxylation sites is 1. The van der Waals surface area contributed by atoms with E-state index in [1.165, 1.54) is 24.5 Å². The summed E-state index contributed by atoms with van der Waals surface area (Å²) in [6, 6.07) is 15.8. The molecule has 1 unspecified atom stereocenters. The van der Waals surface area contributed by atoms with Crippen molar-refractivity contribution in [2.24, 2.45) is 0 Å². The third-order valence-corrected chi connectivity index (χ3v) is 4.93. The second-order valence-corrected chi connectivity index (χ2v) is 7.52. The average molecular weight is 466 g/mol. The molecule has 3 aromatic carbocycles. The Morgan fingerprint density at radius 2 is 1.56 bits per heavy atom. The van der Waals surface area contributed by atoms with Gasteiger partial charge in [-0.25, -0.2) is 0 Å². The summed E-state index contributed by atoms with van der Waals surface area (Å²) >= 11 is 0. The predicted octanol–water partition coefficient (Wildman–Crippen LogP) is 6.91. The number of alkyl halides is 3. The van der Waals surface area contributed by atoms with Gasteiger partial charge >= 0.3 is 11.9 Å². The highest BCUT2D eigenvalue weighted by Gasteiger charge is 2.39. The van der Waals surface area contributed by atoms with E-state index < -0.39 is 33.2 Å². The Morgan fingerprint density at radius 3 is 2.16 bits per heavy atom. The van der Waals surface area contributed by atoms with Gasteiger partial charge in [0.25, 0.3) is 0 Å². The monoisotopic (exact) mass is 466 g/mol. The van der Waals surface area contributed by atoms with E-state index in [4.69, 9.17) is 4.74 Å². The van der Waals surface area contributed by atoms with E-state index in [0.29, 0.717) is 28.1 Å². The number of benzene rings is 3. The molecule has 0 aliphatic heterocycles. The molecule has 1 atom stereocenters. The van der Waals surface area contributed by atoms with Crippen LogP contribution in [0.1, 0.15) is 19.4 Å². The Balaban J connectivity index is 0.00000176. The lowest BCUT2D eigenvalue weighted by Gasteiger charge is -2.13. The first-order chi connectivity index (χ1) is 15.1. The van der Waals surface area contributed by atoms with Gasteiger partial charge in [-0.1, -0.05) is 32.0 Å². The Labute approximate surface area is 185 Å². The zero-order valence-corrected chi connectivity index (χ0v) is 18.3. The Bertz CT molecular complexity index is 1120. The number of ether oxygens (including phenoxy) is 1. The quantitative estimate of drug-likeness (QED) is 0.315. The molecule has 0 aromatic heterocycles. The van der Waals surface area contributed by atoms with Gasteiger partial charge in [0.1, 0.15) is 22.7 Å². The first-order valence-corrected chi connectivity index (χ1v) is 11.0. The second kappa shape index (κ2) is 10.8. The van der Waals surface area contributed by atoms with Crippen LogP contribution in [0.25, 0.3) is 0 Å². The molecule has 1 N–H and O–H groups in total. The minimum absolute atomic E-state index is 0.296. The average Bonchev–Trinajstić information content (AvgIpc) is 2.74. The summed E-state index contributed by atoms with van der Waals surface area (Å²) in [4.78, 5) is 10.8. The maximum atomic E-state index is 13.1. The van der Waals surface area contributed by atoms with Crippen LogP contribution in [0.5, 0.6) is 11.5 Å². The summed E-state index contributed by atoms with van der Waals surface area (Å²) in [6.45, 7) is 4.00. The summed E-state index contributed by atoms with van der Waals surface area (Å²) in [6.07, 6.45) is -3.33. The normalized spacial score (nSPS) is 11.7. The number of nitro groups is 1. The molecule has 32 heavy (non-hydrogen) atoms. The summed E-state index contributed by atoms with van der Waals surface area (Å²) in [7, 11) is -1.19. The molecule has 0 heterocycles. The number of nitro benzene ring substituents is 1. The van der Waals surface area contributed by atoms with Crippen molar-refractivity contribution in [3.05, 3.63) is 82.4 Å². The lowest BCUT2D eigenvalue weighted by atomic mass is 10.1. The lowest BCUT2D eigenvalue weighted by molar-refractivity contribution is -0.387. The third-order valence-electron chi connectivity index (χ3n) is 4.01. The number of anilines is 2. The standard InChI is InChI=1S/C20H15F3N2O4S.C2H6/c1-30(28)16-8-3-7-15(12-16)29-14-6-2-5-13(11-14)24-18-10-4-9-17(20(21,22)23)19(18)25(26)27;1-2/h2-12,24H,1H3;1-2H3. The van der Waals surface area contributed by atoms with E-state index in [2.05, 4.69) is 5.32 Å². The van der Waals surface area contributed by atoms with E-state index in [0.717, 1.165) is 6.07 Å². The van der Waals surface area contributed by atoms with Crippen LogP contribution in [0.15, 0.2) is 71.6 Å². The molecule has 0 aliphatic carbocycles. The van der Waals surface area contributed by atoms with E-state index in [1.54, 1.807) is 36.4 Å². The van der Waals surface area contributed by atoms with Crippen molar-refractivity contribution in [3.8, 4) is 11.5 Å². The van der Waals surface area contributed by atoms with Crippen molar-refractivity contribution in [2.45, 2.75) is 24.9 Å². The van der Waals surface area contributed by atoms with Crippen molar-refractivity contribution in [1.29, 1.82) is 0 Å². The minimum Gasteiger partial charge on any atom is -0.457 e. The summed E-state index contributed by atoms with van der Waals surface area (Å²) in [5, 5.41) is 13.9. The topological polar surface area (TPSA) is 81.5 Å². The van der Waals surface area contributed by atoms with Gasteiger partial charge in [0, 0.05) is 33.7 Å². The molecule has 0 radical (unpaired) electrons. The van der Waals surface area contributed by atoms with Gasteiger partial charge < -0.3 is 10.1 Å². The van der Waals surface area contributed by atoms with E-state index in [9.17, 15) is 27.5 Å². The molecule has 0 fully saturated rings. The first-order valence-electron chi connectivity index (χ1n) is 9.48. The van der Waals surface area contributed by atoms with Crippen LogP contribution in [0.2, 0.25) is 0 Å². The molecule has 0 amide bonds. The fourth-order valence-electron chi connectivity index (χ4n) is 2.72. The highest BCUT2D eigenvalue weighted by Crippen LogP contribution is 2.41. The molecule has 0 bridgehead atoms. The minimum atomic E-state index is -4.87. The van der Waals surface area contributed by atoms with E-state index >= 15 is 0 Å². The molecule has 3 rings (SSSR count). The van der Waals surface area contributed by atoms with E-state index in [-0.39, 0.29) is 5.69 Å².